The number of aromatic nitrogens is 2. The molecule has 2 fully saturated rings. The zero-order valence-corrected chi connectivity index (χ0v) is 10.9. The predicted octanol–water partition coefficient (Wildman–Crippen LogP) is -0.160. The summed E-state index contributed by atoms with van der Waals surface area (Å²) in [5.74, 6) is 1.03. The molecule has 2 aliphatic rings. The number of likely N-dealkylation sites (tertiary alicyclic amines) is 1. The largest absolute Gasteiger partial charge is 0.334 e. The molecule has 2 saturated heterocycles. The van der Waals surface area contributed by atoms with Crippen molar-refractivity contribution < 1.29 is 4.79 Å². The smallest absolute Gasteiger partial charge is 0.274 e. The van der Waals surface area contributed by atoms with Crippen molar-refractivity contribution in [2.24, 2.45) is 11.8 Å². The van der Waals surface area contributed by atoms with Crippen LogP contribution in [0.4, 0.5) is 0 Å². The number of nitrogens with zero attached hydrogens (tertiary/aromatic N) is 2. The van der Waals surface area contributed by atoms with E-state index in [4.69, 9.17) is 0 Å². The average Bonchev–Trinajstić information content (AvgIpc) is 2.98. The van der Waals surface area contributed by atoms with Crippen molar-refractivity contribution in [3.8, 4) is 0 Å². The third kappa shape index (κ3) is 2.06. The molecule has 0 aromatic carbocycles. The Morgan fingerprint density at radius 3 is 3.00 bits per heavy atom. The van der Waals surface area contributed by atoms with Crippen LogP contribution in [0.3, 0.4) is 0 Å². The van der Waals surface area contributed by atoms with E-state index >= 15 is 0 Å². The fourth-order valence-corrected chi connectivity index (χ4v) is 3.39. The molecule has 19 heavy (non-hydrogen) atoms. The first-order chi connectivity index (χ1) is 9.20. The molecule has 2 aliphatic heterocycles. The normalized spacial score (nSPS) is 29.5. The Labute approximate surface area is 111 Å². The van der Waals surface area contributed by atoms with Gasteiger partial charge in [-0.1, -0.05) is 6.92 Å². The summed E-state index contributed by atoms with van der Waals surface area (Å²) in [5.41, 5.74) is 0.0389. The minimum absolute atomic E-state index is 0.0718. The number of hydrogen-bond acceptors (Lipinski definition) is 4. The molecule has 3 heterocycles. The van der Waals surface area contributed by atoms with Crippen LogP contribution in [0.2, 0.25) is 0 Å². The number of hydrogen-bond donors (Lipinski definition) is 2. The fraction of sp³-hybridized carbons (Fsp3) is 0.615. The highest BCUT2D eigenvalue weighted by Crippen LogP contribution is 2.34. The first-order valence-corrected chi connectivity index (χ1v) is 6.78. The van der Waals surface area contributed by atoms with Gasteiger partial charge in [0.1, 0.15) is 5.69 Å². The van der Waals surface area contributed by atoms with Crippen molar-refractivity contribution in [3.05, 3.63) is 28.2 Å². The molecule has 3 unspecified atom stereocenters. The molecule has 0 spiro atoms. The second-order valence-corrected chi connectivity index (χ2v) is 5.32. The molecular formula is C13H18N4O2. The molecule has 0 radical (unpaired) electrons. The summed E-state index contributed by atoms with van der Waals surface area (Å²) >= 11 is 0. The van der Waals surface area contributed by atoms with Crippen molar-refractivity contribution in [1.29, 1.82) is 0 Å². The standard InChI is InChI=1S/C13H18N4O2/c1-2-11-9-6-14-5-8(9)7-17(11)13(19)10-3-4-12(18)16-15-10/h3-4,8-9,11,14H,2,5-7H2,1H3,(H,16,18). The summed E-state index contributed by atoms with van der Waals surface area (Å²) in [6.45, 7) is 4.89. The van der Waals surface area contributed by atoms with Gasteiger partial charge in [-0.25, -0.2) is 5.10 Å². The summed E-state index contributed by atoms with van der Waals surface area (Å²) < 4.78 is 0. The second kappa shape index (κ2) is 4.77. The van der Waals surface area contributed by atoms with Crippen LogP contribution in [0.15, 0.2) is 16.9 Å². The summed E-state index contributed by atoms with van der Waals surface area (Å²) in [6.07, 6.45) is 0.956. The minimum Gasteiger partial charge on any atom is -0.334 e. The lowest BCUT2D eigenvalue weighted by atomic mass is 9.93. The number of carbonyl (C=O) groups is 1. The Hall–Kier alpha value is -1.69. The highest BCUT2D eigenvalue weighted by Gasteiger charge is 2.45. The molecule has 3 atom stereocenters. The lowest BCUT2D eigenvalue weighted by Gasteiger charge is -2.26. The van der Waals surface area contributed by atoms with Crippen LogP contribution in [0.1, 0.15) is 23.8 Å². The summed E-state index contributed by atoms with van der Waals surface area (Å²) in [4.78, 5) is 25.4. The number of nitrogens with one attached hydrogen (secondary N) is 2. The van der Waals surface area contributed by atoms with Gasteiger partial charge in [0.05, 0.1) is 0 Å². The van der Waals surface area contributed by atoms with Crippen molar-refractivity contribution in [1.82, 2.24) is 20.4 Å². The van der Waals surface area contributed by atoms with E-state index < -0.39 is 0 Å². The van der Waals surface area contributed by atoms with E-state index in [0.717, 1.165) is 26.1 Å². The predicted molar refractivity (Wildman–Crippen MR) is 69.8 cm³/mol. The SMILES string of the molecule is CCC1C2CNCC2CN1C(=O)c1ccc(=O)[nH]n1. The third-order valence-corrected chi connectivity index (χ3v) is 4.30. The highest BCUT2D eigenvalue weighted by atomic mass is 16.2. The molecule has 3 rings (SSSR count). The van der Waals surface area contributed by atoms with Gasteiger partial charge in [0.25, 0.3) is 11.5 Å². The first-order valence-electron chi connectivity index (χ1n) is 6.78. The molecule has 1 amide bonds. The van der Waals surface area contributed by atoms with E-state index in [-0.39, 0.29) is 17.5 Å². The van der Waals surface area contributed by atoms with Gasteiger partial charge in [0, 0.05) is 31.7 Å². The van der Waals surface area contributed by atoms with Crippen LogP contribution >= 0.6 is 0 Å². The molecule has 0 bridgehead atoms. The molecule has 6 heteroatoms. The number of aromatic amines is 1. The first kappa shape index (κ1) is 12.3. The molecule has 1 aromatic heterocycles. The van der Waals surface area contributed by atoms with Crippen LogP contribution in [0, 0.1) is 11.8 Å². The maximum absolute atomic E-state index is 12.5. The second-order valence-electron chi connectivity index (χ2n) is 5.32. The van der Waals surface area contributed by atoms with Crippen molar-refractivity contribution in [2.45, 2.75) is 19.4 Å². The number of rotatable bonds is 2. The van der Waals surface area contributed by atoms with E-state index in [9.17, 15) is 9.59 Å². The van der Waals surface area contributed by atoms with Crippen LogP contribution in [-0.4, -0.2) is 46.7 Å². The number of amides is 1. The Balaban J connectivity index is 1.83. The highest BCUT2D eigenvalue weighted by molar-refractivity contribution is 5.92. The molecule has 1 aromatic rings. The minimum atomic E-state index is -0.286. The molecule has 0 aliphatic carbocycles. The van der Waals surface area contributed by atoms with E-state index in [1.165, 1.54) is 12.1 Å². The monoisotopic (exact) mass is 262 g/mol. The zero-order valence-electron chi connectivity index (χ0n) is 10.9. The molecule has 2 N–H and O–H groups in total. The summed E-state index contributed by atoms with van der Waals surface area (Å²) in [6, 6.07) is 3.13. The van der Waals surface area contributed by atoms with E-state index in [1.807, 2.05) is 4.90 Å². The Morgan fingerprint density at radius 1 is 1.47 bits per heavy atom. The van der Waals surface area contributed by atoms with Gasteiger partial charge in [-0.3, -0.25) is 9.59 Å². The van der Waals surface area contributed by atoms with Gasteiger partial charge in [-0.2, -0.15) is 5.10 Å². The summed E-state index contributed by atoms with van der Waals surface area (Å²) in [5, 5.41) is 9.56. The lowest BCUT2D eigenvalue weighted by molar-refractivity contribution is 0.0704. The topological polar surface area (TPSA) is 78.1 Å². The van der Waals surface area contributed by atoms with Gasteiger partial charge >= 0.3 is 0 Å². The number of H-pyrrole nitrogens is 1. The Morgan fingerprint density at radius 2 is 2.32 bits per heavy atom. The van der Waals surface area contributed by atoms with Crippen molar-refractivity contribution in [3.63, 3.8) is 0 Å². The molecule has 0 saturated carbocycles. The molecule has 6 nitrogen and oxygen atoms in total. The summed E-state index contributed by atoms with van der Waals surface area (Å²) in [7, 11) is 0. The van der Waals surface area contributed by atoms with E-state index in [2.05, 4.69) is 22.4 Å². The van der Waals surface area contributed by atoms with E-state index in [0.29, 0.717) is 17.5 Å². The lowest BCUT2D eigenvalue weighted by Crippen LogP contribution is -2.40. The quantitative estimate of drug-likeness (QED) is 0.776. The van der Waals surface area contributed by atoms with Gasteiger partial charge in [0.15, 0.2) is 0 Å². The molecule has 102 valence electrons. The number of carbonyl (C=O) groups excluding carboxylic acids is 1. The van der Waals surface area contributed by atoms with Gasteiger partial charge in [-0.05, 0) is 24.3 Å². The fourth-order valence-electron chi connectivity index (χ4n) is 3.39. The van der Waals surface area contributed by atoms with E-state index in [1.54, 1.807) is 0 Å². The molecular weight excluding hydrogens is 244 g/mol. The maximum atomic E-state index is 12.5. The van der Waals surface area contributed by atoms with Crippen LogP contribution < -0.4 is 10.9 Å². The van der Waals surface area contributed by atoms with Gasteiger partial charge in [0.2, 0.25) is 0 Å². The zero-order chi connectivity index (χ0) is 13.4. The van der Waals surface area contributed by atoms with Crippen LogP contribution in [-0.2, 0) is 0 Å². The van der Waals surface area contributed by atoms with Crippen molar-refractivity contribution in [2.75, 3.05) is 19.6 Å². The van der Waals surface area contributed by atoms with Crippen molar-refractivity contribution >= 4 is 5.91 Å². The third-order valence-electron chi connectivity index (χ3n) is 4.30. The van der Waals surface area contributed by atoms with Gasteiger partial charge in [-0.15, -0.1) is 0 Å². The number of fused-ring (bicyclic) bond motifs is 1. The Kier molecular flexibility index (Phi) is 3.10. The maximum Gasteiger partial charge on any atom is 0.274 e. The van der Waals surface area contributed by atoms with Gasteiger partial charge < -0.3 is 10.2 Å². The average molecular weight is 262 g/mol. The Bertz CT molecular complexity index is 521. The van der Waals surface area contributed by atoms with Crippen LogP contribution in [0.25, 0.3) is 0 Å². The van der Waals surface area contributed by atoms with Crippen LogP contribution in [0.5, 0.6) is 0 Å².